The van der Waals surface area contributed by atoms with Crippen molar-refractivity contribution in [3.63, 3.8) is 0 Å². The minimum Gasteiger partial charge on any atom is -0.454 e. The molecule has 0 bridgehead atoms. The van der Waals surface area contributed by atoms with E-state index in [4.69, 9.17) is 20.9 Å². The summed E-state index contributed by atoms with van der Waals surface area (Å²) in [7, 11) is 0. The molecule has 27 heavy (non-hydrogen) atoms. The van der Waals surface area contributed by atoms with E-state index in [0.29, 0.717) is 21.8 Å². The van der Waals surface area contributed by atoms with Crippen LogP contribution in [-0.2, 0) is 11.3 Å². The Balaban J connectivity index is 1.45. The number of carbonyl (C=O) groups is 1. The molecule has 0 aliphatic rings. The predicted molar refractivity (Wildman–Crippen MR) is 95.6 cm³/mol. The molecular formula is C19H11ClFN3O3. The zero-order valence-corrected chi connectivity index (χ0v) is 14.5. The van der Waals surface area contributed by atoms with Crippen LogP contribution in [0.1, 0.15) is 16.2 Å². The molecule has 0 saturated heterocycles. The Labute approximate surface area is 157 Å². The molecule has 0 N–H and O–H groups in total. The van der Waals surface area contributed by atoms with Crippen molar-refractivity contribution in [2.75, 3.05) is 0 Å². The summed E-state index contributed by atoms with van der Waals surface area (Å²) in [5, 5.41) is 4.91. The van der Waals surface area contributed by atoms with Gasteiger partial charge in [0.15, 0.2) is 6.61 Å². The number of fused-ring (bicyclic) bond motifs is 1. The lowest BCUT2D eigenvalue weighted by molar-refractivity contribution is 0.0460. The number of hydrogen-bond donors (Lipinski definition) is 0. The summed E-state index contributed by atoms with van der Waals surface area (Å²) in [6.45, 7) is -0.152. The highest BCUT2D eigenvalue weighted by Crippen LogP contribution is 2.19. The molecule has 6 nitrogen and oxygen atoms in total. The zero-order valence-electron chi connectivity index (χ0n) is 13.7. The van der Waals surface area contributed by atoms with Crippen LogP contribution in [0.25, 0.3) is 22.4 Å². The van der Waals surface area contributed by atoms with Crippen molar-refractivity contribution >= 4 is 28.5 Å². The van der Waals surface area contributed by atoms with Crippen LogP contribution in [0.3, 0.4) is 0 Å². The third-order valence-corrected chi connectivity index (χ3v) is 3.99. The monoisotopic (exact) mass is 383 g/mol. The van der Waals surface area contributed by atoms with Gasteiger partial charge in [0, 0.05) is 10.9 Å². The molecule has 4 rings (SSSR count). The van der Waals surface area contributed by atoms with Gasteiger partial charge in [-0.25, -0.2) is 14.2 Å². The molecule has 0 amide bonds. The maximum absolute atomic E-state index is 13.0. The number of ether oxygens (including phenoxy) is 1. The highest BCUT2D eigenvalue weighted by atomic mass is 35.5. The Bertz CT molecular complexity index is 1130. The van der Waals surface area contributed by atoms with Crippen molar-refractivity contribution < 1.29 is 18.4 Å². The van der Waals surface area contributed by atoms with Crippen LogP contribution in [0.5, 0.6) is 0 Å². The molecule has 0 unspecified atom stereocenters. The van der Waals surface area contributed by atoms with Gasteiger partial charge < -0.3 is 9.26 Å². The molecule has 2 heterocycles. The summed E-state index contributed by atoms with van der Waals surface area (Å²) in [6, 6.07) is 14.0. The van der Waals surface area contributed by atoms with Crippen molar-refractivity contribution in [1.82, 2.24) is 15.1 Å². The van der Waals surface area contributed by atoms with Crippen LogP contribution >= 0.6 is 11.6 Å². The van der Waals surface area contributed by atoms with E-state index >= 15 is 0 Å². The third kappa shape index (κ3) is 3.78. The van der Waals surface area contributed by atoms with Crippen LogP contribution in [0, 0.1) is 5.82 Å². The first-order valence-corrected chi connectivity index (χ1v) is 8.28. The highest BCUT2D eigenvalue weighted by Gasteiger charge is 2.13. The van der Waals surface area contributed by atoms with E-state index in [0.717, 1.165) is 5.39 Å². The maximum Gasteiger partial charge on any atom is 0.338 e. The van der Waals surface area contributed by atoms with E-state index in [1.807, 2.05) is 0 Å². The number of esters is 1. The first kappa shape index (κ1) is 17.1. The second kappa shape index (κ2) is 7.13. The molecule has 2 aromatic carbocycles. The minimum absolute atomic E-state index is 0.152. The molecule has 4 aromatic rings. The van der Waals surface area contributed by atoms with E-state index in [1.165, 1.54) is 24.3 Å². The molecule has 0 aliphatic carbocycles. The number of rotatable bonds is 4. The van der Waals surface area contributed by atoms with Crippen LogP contribution in [0.2, 0.25) is 5.15 Å². The fourth-order valence-electron chi connectivity index (χ4n) is 2.46. The molecule has 0 radical (unpaired) electrons. The smallest absolute Gasteiger partial charge is 0.338 e. The number of benzene rings is 2. The fourth-order valence-corrected chi connectivity index (χ4v) is 2.62. The number of nitrogens with zero attached hydrogens (tertiary/aromatic N) is 3. The summed E-state index contributed by atoms with van der Waals surface area (Å²) in [6.07, 6.45) is 0. The molecule has 0 atom stereocenters. The van der Waals surface area contributed by atoms with E-state index in [9.17, 15) is 9.18 Å². The number of hydrogen-bond acceptors (Lipinski definition) is 6. The molecule has 2 aromatic heterocycles. The second-order valence-corrected chi connectivity index (χ2v) is 6.03. The Morgan fingerprint density at radius 3 is 2.70 bits per heavy atom. The average Bonchev–Trinajstić information content (AvgIpc) is 3.15. The maximum atomic E-state index is 13.0. The largest absolute Gasteiger partial charge is 0.454 e. The molecule has 0 fully saturated rings. The standard InChI is InChI=1S/C19H11ClFN3O3/c20-16-8-4-12-9-13(3-7-15(12)22-16)19(25)26-10-17-23-18(27-24-17)11-1-5-14(21)6-2-11/h1-9H,10H2. The van der Waals surface area contributed by atoms with Gasteiger partial charge in [-0.2, -0.15) is 4.98 Å². The SMILES string of the molecule is O=C(OCc1noc(-c2ccc(F)cc2)n1)c1ccc2nc(Cl)ccc2c1. The lowest BCUT2D eigenvalue weighted by Crippen LogP contribution is -2.06. The number of aromatic nitrogens is 3. The van der Waals surface area contributed by atoms with Gasteiger partial charge >= 0.3 is 5.97 Å². The van der Waals surface area contributed by atoms with Gasteiger partial charge in [0.1, 0.15) is 11.0 Å². The summed E-state index contributed by atoms with van der Waals surface area (Å²) >= 11 is 5.85. The van der Waals surface area contributed by atoms with Crippen molar-refractivity contribution in [3.8, 4) is 11.5 Å². The first-order valence-electron chi connectivity index (χ1n) is 7.90. The molecule has 134 valence electrons. The molecule has 0 aliphatic heterocycles. The van der Waals surface area contributed by atoms with Crippen molar-refractivity contribution in [3.05, 3.63) is 77.0 Å². The minimum atomic E-state index is -0.528. The normalized spacial score (nSPS) is 10.9. The van der Waals surface area contributed by atoms with Gasteiger partial charge in [0.05, 0.1) is 11.1 Å². The van der Waals surface area contributed by atoms with Crippen LogP contribution in [0.15, 0.2) is 59.1 Å². The summed E-state index contributed by atoms with van der Waals surface area (Å²) in [4.78, 5) is 20.5. The van der Waals surface area contributed by atoms with Crippen molar-refractivity contribution in [2.45, 2.75) is 6.61 Å². The van der Waals surface area contributed by atoms with Crippen molar-refractivity contribution in [1.29, 1.82) is 0 Å². The molecular weight excluding hydrogens is 373 g/mol. The lowest BCUT2D eigenvalue weighted by Gasteiger charge is -2.04. The lowest BCUT2D eigenvalue weighted by atomic mass is 10.1. The predicted octanol–water partition coefficient (Wildman–Crippen LogP) is 4.43. The quantitative estimate of drug-likeness (QED) is 0.383. The fraction of sp³-hybridized carbons (Fsp3) is 0.0526. The third-order valence-electron chi connectivity index (χ3n) is 3.78. The summed E-state index contributed by atoms with van der Waals surface area (Å²) in [5.74, 6) is -0.466. The van der Waals surface area contributed by atoms with Gasteiger partial charge in [-0.05, 0) is 54.6 Å². The number of pyridine rings is 1. The van der Waals surface area contributed by atoms with E-state index in [2.05, 4.69) is 15.1 Å². The molecule has 0 spiro atoms. The van der Waals surface area contributed by atoms with Gasteiger partial charge in [0.2, 0.25) is 5.82 Å². The van der Waals surface area contributed by atoms with Crippen LogP contribution in [-0.4, -0.2) is 21.1 Å². The van der Waals surface area contributed by atoms with Crippen molar-refractivity contribution in [2.24, 2.45) is 0 Å². The van der Waals surface area contributed by atoms with Gasteiger partial charge in [-0.1, -0.05) is 16.8 Å². The Hall–Kier alpha value is -3.32. The van der Waals surface area contributed by atoms with Crippen LogP contribution in [0.4, 0.5) is 4.39 Å². The van der Waals surface area contributed by atoms with E-state index in [1.54, 1.807) is 30.3 Å². The second-order valence-electron chi connectivity index (χ2n) is 5.64. The van der Waals surface area contributed by atoms with Gasteiger partial charge in [0.25, 0.3) is 5.89 Å². The summed E-state index contributed by atoms with van der Waals surface area (Å²) < 4.78 is 23.3. The first-order chi connectivity index (χ1) is 13.1. The Morgan fingerprint density at radius 2 is 1.89 bits per heavy atom. The zero-order chi connectivity index (χ0) is 18.8. The van der Waals surface area contributed by atoms with E-state index in [-0.39, 0.29) is 24.1 Å². The van der Waals surface area contributed by atoms with Gasteiger partial charge in [-0.3, -0.25) is 0 Å². The van der Waals surface area contributed by atoms with E-state index < -0.39 is 5.97 Å². The van der Waals surface area contributed by atoms with Crippen LogP contribution < -0.4 is 0 Å². The molecule has 8 heteroatoms. The topological polar surface area (TPSA) is 78.1 Å². The summed E-state index contributed by atoms with van der Waals surface area (Å²) in [5.41, 5.74) is 1.62. The highest BCUT2D eigenvalue weighted by molar-refractivity contribution is 6.29. The Kier molecular flexibility index (Phi) is 4.52. The van der Waals surface area contributed by atoms with Gasteiger partial charge in [-0.15, -0.1) is 0 Å². The number of halogens is 2. The number of carbonyl (C=O) groups excluding carboxylic acids is 1. The molecule has 0 saturated carbocycles. The Morgan fingerprint density at radius 1 is 1.07 bits per heavy atom. The average molecular weight is 384 g/mol.